The number of rotatable bonds is 14. The van der Waals surface area contributed by atoms with E-state index in [4.69, 9.17) is 19.4 Å². The summed E-state index contributed by atoms with van der Waals surface area (Å²) in [5.41, 5.74) is 15.4. The highest BCUT2D eigenvalue weighted by atomic mass is 28.3. The highest BCUT2D eigenvalue weighted by Gasteiger charge is 2.42. The van der Waals surface area contributed by atoms with Crippen molar-refractivity contribution in [3.8, 4) is 58.1 Å². The van der Waals surface area contributed by atoms with Crippen molar-refractivity contribution in [2.75, 3.05) is 13.2 Å². The summed E-state index contributed by atoms with van der Waals surface area (Å²) in [7, 11) is -3.92. The Morgan fingerprint density at radius 2 is 0.839 bits per heavy atom. The van der Waals surface area contributed by atoms with Crippen molar-refractivity contribution in [3.63, 3.8) is 0 Å². The quantitative estimate of drug-likeness (QED) is 0.0928. The molecule has 0 saturated carbocycles. The fourth-order valence-corrected chi connectivity index (χ4v) is 18.7. The molecule has 0 aliphatic rings. The van der Waals surface area contributed by atoms with Crippen molar-refractivity contribution < 1.29 is 9.47 Å². The van der Waals surface area contributed by atoms with Crippen LogP contribution < -0.4 is 9.47 Å². The summed E-state index contributed by atoms with van der Waals surface area (Å²) in [4.78, 5) is 9.44. The number of ether oxygens (including phenoxy) is 2. The van der Waals surface area contributed by atoms with Crippen molar-refractivity contribution >= 4 is 16.1 Å². The van der Waals surface area contributed by atoms with E-state index in [1.807, 2.05) is 36.4 Å². The van der Waals surface area contributed by atoms with E-state index in [2.05, 4.69) is 144 Å². The molecule has 2 aromatic heterocycles. The molecule has 0 aliphatic carbocycles. The van der Waals surface area contributed by atoms with Crippen LogP contribution in [-0.2, 0) is 0 Å². The van der Waals surface area contributed by atoms with Gasteiger partial charge in [-0.15, -0.1) is 11.1 Å². The van der Waals surface area contributed by atoms with Gasteiger partial charge >= 0.3 is 0 Å². The second kappa shape index (κ2) is 21.9. The SMILES string of the molecule is CCCCOc1cc(C#Cc2cccnc2C#C[Si](C(C)C)(C(C)C)C(C)C)c(C#Cc2ncccc2C#C[Si](C(C)C)(C(C)C)C(C)C)cc1OCCCC. The van der Waals surface area contributed by atoms with Crippen LogP contribution in [0, 0.1) is 46.6 Å². The van der Waals surface area contributed by atoms with Crippen LogP contribution in [0.4, 0.5) is 0 Å². The lowest BCUT2D eigenvalue weighted by Gasteiger charge is -2.38. The van der Waals surface area contributed by atoms with Crippen LogP contribution in [0.25, 0.3) is 0 Å². The summed E-state index contributed by atoms with van der Waals surface area (Å²) >= 11 is 0. The molecule has 298 valence electrons. The molecule has 2 heterocycles. The minimum atomic E-state index is -1.97. The number of unbranched alkanes of at least 4 members (excludes halogenated alkanes) is 2. The molecule has 3 rings (SSSR count). The Bertz CT molecular complexity index is 1810. The van der Waals surface area contributed by atoms with Crippen molar-refractivity contribution in [2.24, 2.45) is 0 Å². The molecular formula is C50H68N2O2Si2. The van der Waals surface area contributed by atoms with Gasteiger partial charge in [0.25, 0.3) is 0 Å². The number of pyridine rings is 2. The number of aromatic nitrogens is 2. The molecule has 56 heavy (non-hydrogen) atoms. The molecule has 0 fully saturated rings. The minimum absolute atomic E-state index is 0.523. The van der Waals surface area contributed by atoms with Crippen molar-refractivity contribution in [1.82, 2.24) is 9.97 Å². The van der Waals surface area contributed by atoms with E-state index >= 15 is 0 Å². The van der Waals surface area contributed by atoms with E-state index in [1.54, 1.807) is 12.4 Å². The normalized spacial score (nSPS) is 11.5. The van der Waals surface area contributed by atoms with Gasteiger partial charge in [-0.2, -0.15) is 0 Å². The van der Waals surface area contributed by atoms with Gasteiger partial charge in [0.1, 0.15) is 27.5 Å². The van der Waals surface area contributed by atoms with Crippen molar-refractivity contribution in [1.29, 1.82) is 0 Å². The van der Waals surface area contributed by atoms with Gasteiger partial charge < -0.3 is 9.47 Å². The number of hydrogen-bond acceptors (Lipinski definition) is 4. The van der Waals surface area contributed by atoms with E-state index in [1.165, 1.54) is 0 Å². The minimum Gasteiger partial charge on any atom is -0.490 e. The zero-order valence-corrected chi connectivity index (χ0v) is 39.0. The summed E-state index contributed by atoms with van der Waals surface area (Å²) in [6, 6.07) is 11.9. The lowest BCUT2D eigenvalue weighted by Crippen LogP contribution is -2.43. The second-order valence-corrected chi connectivity index (χ2v) is 28.0. The Morgan fingerprint density at radius 3 is 1.25 bits per heavy atom. The maximum Gasteiger partial charge on any atom is 0.162 e. The highest BCUT2D eigenvalue weighted by Crippen LogP contribution is 2.42. The molecule has 0 amide bonds. The molecule has 6 heteroatoms. The van der Waals surface area contributed by atoms with Crippen molar-refractivity contribution in [3.05, 3.63) is 82.4 Å². The molecular weight excluding hydrogens is 717 g/mol. The van der Waals surface area contributed by atoms with E-state index in [9.17, 15) is 0 Å². The first-order chi connectivity index (χ1) is 26.6. The van der Waals surface area contributed by atoms with Crippen LogP contribution in [0.1, 0.15) is 156 Å². The average Bonchev–Trinajstić information content (AvgIpc) is 3.14. The molecule has 1 aromatic carbocycles. The number of benzene rings is 1. The maximum atomic E-state index is 6.33. The van der Waals surface area contributed by atoms with Crippen LogP contribution in [0.3, 0.4) is 0 Å². The molecule has 0 N–H and O–H groups in total. The van der Waals surface area contributed by atoms with Crippen LogP contribution in [-0.4, -0.2) is 39.3 Å². The van der Waals surface area contributed by atoms with Gasteiger partial charge in [-0.3, -0.25) is 0 Å². The summed E-state index contributed by atoms with van der Waals surface area (Å²) in [6.45, 7) is 33.5. The molecule has 0 spiro atoms. The number of hydrogen-bond donors (Lipinski definition) is 0. The molecule has 4 nitrogen and oxygen atoms in total. The van der Waals surface area contributed by atoms with Crippen molar-refractivity contribution in [2.45, 2.75) is 156 Å². The molecule has 0 unspecified atom stereocenters. The monoisotopic (exact) mass is 784 g/mol. The average molecular weight is 785 g/mol. The first-order valence-corrected chi connectivity index (χ1v) is 25.6. The Morgan fingerprint density at radius 1 is 0.482 bits per heavy atom. The lowest BCUT2D eigenvalue weighted by molar-refractivity contribution is 0.262. The van der Waals surface area contributed by atoms with E-state index in [0.717, 1.165) is 47.9 Å². The fraction of sp³-hybridized carbons (Fsp3) is 0.520. The van der Waals surface area contributed by atoms with Gasteiger partial charge in [0, 0.05) is 35.7 Å². The maximum absolute atomic E-state index is 6.33. The first-order valence-electron chi connectivity index (χ1n) is 21.1. The molecule has 0 radical (unpaired) electrons. The van der Waals surface area contributed by atoms with E-state index in [-0.39, 0.29) is 0 Å². The molecule has 0 bridgehead atoms. The fourth-order valence-electron chi connectivity index (χ4n) is 8.33. The third-order valence-corrected chi connectivity index (χ3v) is 24.0. The Kier molecular flexibility index (Phi) is 18.1. The molecule has 0 saturated heterocycles. The van der Waals surface area contributed by atoms with E-state index in [0.29, 0.717) is 69.3 Å². The Labute approximate surface area is 343 Å². The zero-order valence-electron chi connectivity index (χ0n) is 37.0. The summed E-state index contributed by atoms with van der Waals surface area (Å²) in [5, 5.41) is 0. The van der Waals surface area contributed by atoms with Gasteiger partial charge in [-0.05, 0) is 76.3 Å². The predicted octanol–water partition coefficient (Wildman–Crippen LogP) is 12.8. The van der Waals surface area contributed by atoms with Gasteiger partial charge in [-0.1, -0.05) is 139 Å². The Hall–Kier alpha value is -4.21. The molecule has 0 aliphatic heterocycles. The molecule has 0 atom stereocenters. The third kappa shape index (κ3) is 11.4. The van der Waals surface area contributed by atoms with Crippen LogP contribution in [0.15, 0.2) is 48.8 Å². The highest BCUT2D eigenvalue weighted by molar-refractivity contribution is 6.91. The van der Waals surface area contributed by atoms with Crippen LogP contribution in [0.5, 0.6) is 11.5 Å². The summed E-state index contributed by atoms with van der Waals surface area (Å²) in [6.07, 6.45) is 7.55. The van der Waals surface area contributed by atoms with Gasteiger partial charge in [0.2, 0.25) is 0 Å². The van der Waals surface area contributed by atoms with Gasteiger partial charge in [0.15, 0.2) is 11.5 Å². The first kappa shape index (κ1) is 46.2. The van der Waals surface area contributed by atoms with Crippen LogP contribution >= 0.6 is 0 Å². The summed E-state index contributed by atoms with van der Waals surface area (Å²) < 4.78 is 12.7. The number of nitrogens with zero attached hydrogens (tertiary/aromatic N) is 2. The standard InChI is InChI=1S/C50H68N2O2Si2/c1-15-17-31-53-49-35-45(24-23-43-21-19-30-52-48(43)28-34-56(40(9)10,41(11)12)42(13)14)46(36-50(49)54-32-18-16-2)25-26-47-44(22-20-29-51-47)27-33-55(37(3)4,38(5)6)39(7)8/h19-22,29-30,35-42H,15-18,31-32H2,1-14H3. The Balaban J connectivity index is 2.28. The third-order valence-electron chi connectivity index (χ3n) is 11.4. The van der Waals surface area contributed by atoms with Crippen LogP contribution in [0.2, 0.25) is 33.2 Å². The van der Waals surface area contributed by atoms with Gasteiger partial charge in [0.05, 0.1) is 24.3 Å². The largest absolute Gasteiger partial charge is 0.490 e. The molecule has 3 aromatic rings. The predicted molar refractivity (Wildman–Crippen MR) is 244 cm³/mol. The summed E-state index contributed by atoms with van der Waals surface area (Å²) in [5.74, 6) is 22.2. The van der Waals surface area contributed by atoms with Gasteiger partial charge in [-0.25, -0.2) is 9.97 Å². The smallest absolute Gasteiger partial charge is 0.162 e. The second-order valence-electron chi connectivity index (χ2n) is 16.8. The zero-order chi connectivity index (χ0) is 41.5. The van der Waals surface area contributed by atoms with E-state index < -0.39 is 16.1 Å². The lowest BCUT2D eigenvalue weighted by atomic mass is 10.0. The topological polar surface area (TPSA) is 44.2 Å².